The van der Waals surface area contributed by atoms with Gasteiger partial charge in [-0.3, -0.25) is 0 Å². The first-order valence-corrected chi connectivity index (χ1v) is 3.62. The molecular formula is C3H2F4O2Si2. The number of halogens is 4. The van der Waals surface area contributed by atoms with Crippen molar-refractivity contribution in [2.24, 2.45) is 0 Å². The van der Waals surface area contributed by atoms with Gasteiger partial charge in [0.25, 0.3) is 0 Å². The highest BCUT2D eigenvalue weighted by Gasteiger charge is 2.57. The molecule has 0 bridgehead atoms. The molecule has 62 valence electrons. The molecule has 0 saturated heterocycles. The van der Waals surface area contributed by atoms with Crippen molar-refractivity contribution in [2.75, 3.05) is 6.61 Å². The summed E-state index contributed by atoms with van der Waals surface area (Å²) in [6.45, 7) is -1.52. The molecule has 0 aliphatic carbocycles. The Kier molecular flexibility index (Phi) is 3.51. The predicted octanol–water partition coefficient (Wildman–Crippen LogP) is 0.364. The summed E-state index contributed by atoms with van der Waals surface area (Å²) in [7, 11) is -0.249. The second-order valence-corrected chi connectivity index (χ2v) is 2.79. The maximum atomic E-state index is 12.1. The van der Waals surface area contributed by atoms with Gasteiger partial charge < -0.3 is 8.89 Å². The van der Waals surface area contributed by atoms with Gasteiger partial charge in [0.05, 0.1) is 0 Å². The summed E-state index contributed by atoms with van der Waals surface area (Å²) in [5, 5.41) is 0. The van der Waals surface area contributed by atoms with Crippen molar-refractivity contribution < 1.29 is 26.4 Å². The predicted molar refractivity (Wildman–Crippen MR) is 28.0 cm³/mol. The fourth-order valence-electron chi connectivity index (χ4n) is 0.256. The van der Waals surface area contributed by atoms with Crippen LogP contribution in [0.2, 0.25) is 0 Å². The van der Waals surface area contributed by atoms with E-state index in [0.29, 0.717) is 0 Å². The smallest absolute Gasteiger partial charge is 0.412 e. The lowest BCUT2D eigenvalue weighted by Gasteiger charge is -2.19. The van der Waals surface area contributed by atoms with E-state index in [2.05, 4.69) is 14.9 Å². The molecule has 11 heavy (non-hydrogen) atoms. The van der Waals surface area contributed by atoms with Gasteiger partial charge >= 0.3 is 20.9 Å². The van der Waals surface area contributed by atoms with Crippen molar-refractivity contribution in [3.63, 3.8) is 0 Å². The summed E-state index contributed by atoms with van der Waals surface area (Å²) in [6, 6.07) is 0. The van der Waals surface area contributed by atoms with Crippen LogP contribution >= 0.6 is 0 Å². The van der Waals surface area contributed by atoms with Gasteiger partial charge in [0.1, 0.15) is 6.61 Å². The molecule has 0 aliphatic rings. The van der Waals surface area contributed by atoms with Crippen LogP contribution < -0.4 is 0 Å². The average Bonchev–Trinajstić information content (AvgIpc) is 1.87. The van der Waals surface area contributed by atoms with Crippen molar-refractivity contribution in [3.05, 3.63) is 0 Å². The van der Waals surface area contributed by atoms with Crippen LogP contribution in [0.5, 0.6) is 0 Å². The minimum absolute atomic E-state index is 1.52. The van der Waals surface area contributed by atoms with E-state index in [0.717, 1.165) is 0 Å². The van der Waals surface area contributed by atoms with E-state index in [1.807, 2.05) is 0 Å². The highest BCUT2D eigenvalue weighted by atomic mass is 28.2. The number of hydrogen-bond donors (Lipinski definition) is 0. The zero-order chi connectivity index (χ0) is 9.12. The van der Waals surface area contributed by atoms with E-state index in [1.165, 1.54) is 0 Å². The number of rotatable bonds is 4. The standard InChI is InChI=1S/C3H2F4O2Si2/c4-2(5,1-9-10)3(6,7)11-8/h1H2. The van der Waals surface area contributed by atoms with Crippen molar-refractivity contribution in [1.29, 1.82) is 0 Å². The van der Waals surface area contributed by atoms with Crippen LogP contribution in [-0.2, 0) is 8.89 Å². The maximum Gasteiger partial charge on any atom is 0.416 e. The Morgan fingerprint density at radius 3 is 2.09 bits per heavy atom. The second kappa shape index (κ2) is 3.54. The lowest BCUT2D eigenvalue weighted by molar-refractivity contribution is -0.177. The first kappa shape index (κ1) is 10.9. The normalized spacial score (nSPS) is 13.2. The van der Waals surface area contributed by atoms with E-state index in [9.17, 15) is 22.0 Å². The van der Waals surface area contributed by atoms with Crippen LogP contribution in [0.4, 0.5) is 17.6 Å². The van der Waals surface area contributed by atoms with Crippen molar-refractivity contribution in [2.45, 2.75) is 11.5 Å². The van der Waals surface area contributed by atoms with Crippen LogP contribution in [-0.4, -0.2) is 38.0 Å². The molecule has 0 aromatic carbocycles. The zero-order valence-electron chi connectivity index (χ0n) is 5.04. The Balaban J connectivity index is 4.38. The molecule has 8 heteroatoms. The van der Waals surface area contributed by atoms with E-state index < -0.39 is 27.5 Å². The molecule has 0 aromatic heterocycles. The lowest BCUT2D eigenvalue weighted by Crippen LogP contribution is -2.46. The Labute approximate surface area is 65.3 Å². The van der Waals surface area contributed by atoms with E-state index in [1.54, 1.807) is 0 Å². The molecule has 2 nitrogen and oxygen atoms in total. The summed E-state index contributed by atoms with van der Waals surface area (Å²) in [4.78, 5) is 0. The molecule has 0 aromatic rings. The molecule has 0 rings (SSSR count). The molecule has 0 spiro atoms. The minimum atomic E-state index is -4.53. The third-order valence-electron chi connectivity index (χ3n) is 0.841. The first-order chi connectivity index (χ1) is 4.87. The highest BCUT2D eigenvalue weighted by molar-refractivity contribution is 6.21. The van der Waals surface area contributed by atoms with E-state index in [-0.39, 0.29) is 0 Å². The Bertz CT molecular complexity index is 150. The third kappa shape index (κ3) is 2.45. The molecular weight excluding hydrogens is 200 g/mol. The molecule has 0 fully saturated rings. The van der Waals surface area contributed by atoms with Gasteiger partial charge in [0.2, 0.25) is 10.5 Å². The van der Waals surface area contributed by atoms with Gasteiger partial charge in [-0.05, 0) is 0 Å². The van der Waals surface area contributed by atoms with Crippen LogP contribution in [0.15, 0.2) is 0 Å². The van der Waals surface area contributed by atoms with Gasteiger partial charge in [-0.25, -0.2) is 0 Å². The Morgan fingerprint density at radius 2 is 1.82 bits per heavy atom. The molecule has 4 radical (unpaired) electrons. The van der Waals surface area contributed by atoms with Crippen LogP contribution in [0.25, 0.3) is 0 Å². The second-order valence-electron chi connectivity index (χ2n) is 1.67. The number of hydrogen-bond acceptors (Lipinski definition) is 2. The summed E-state index contributed by atoms with van der Waals surface area (Å²) < 4.78 is 61.4. The molecule has 0 heterocycles. The van der Waals surface area contributed by atoms with Gasteiger partial charge in [0, 0.05) is 0 Å². The Morgan fingerprint density at radius 1 is 1.36 bits per heavy atom. The van der Waals surface area contributed by atoms with Crippen LogP contribution in [0.1, 0.15) is 0 Å². The summed E-state index contributed by atoms with van der Waals surface area (Å²) in [6.07, 6.45) is 0. The zero-order valence-corrected chi connectivity index (χ0v) is 7.04. The Hall–Kier alpha value is -0.0862. The fourth-order valence-corrected chi connectivity index (χ4v) is 0.659. The van der Waals surface area contributed by atoms with Crippen LogP contribution in [0, 0.1) is 0 Å². The molecule has 0 N–H and O–H groups in total. The average molecular weight is 202 g/mol. The molecule has 0 atom stereocenters. The summed E-state index contributed by atoms with van der Waals surface area (Å²) in [5.74, 6) is -4.41. The van der Waals surface area contributed by atoms with Gasteiger partial charge in [0.15, 0.2) is 0 Å². The topological polar surface area (TPSA) is 26.3 Å². The molecule has 0 aliphatic heterocycles. The largest absolute Gasteiger partial charge is 0.416 e. The quantitative estimate of drug-likeness (QED) is 0.486. The van der Waals surface area contributed by atoms with Gasteiger partial charge in [-0.2, -0.15) is 17.6 Å². The van der Waals surface area contributed by atoms with Gasteiger partial charge in [-0.1, -0.05) is 0 Å². The van der Waals surface area contributed by atoms with Crippen molar-refractivity contribution in [1.82, 2.24) is 0 Å². The third-order valence-corrected chi connectivity index (χ3v) is 1.61. The fraction of sp³-hybridized carbons (Fsp3) is 1.00. The van der Waals surface area contributed by atoms with Gasteiger partial charge in [-0.15, -0.1) is 0 Å². The highest BCUT2D eigenvalue weighted by Crippen LogP contribution is 2.31. The minimum Gasteiger partial charge on any atom is -0.412 e. The summed E-state index contributed by atoms with van der Waals surface area (Å²) >= 11 is 0. The monoisotopic (exact) mass is 202 g/mol. The molecule has 0 unspecified atom stereocenters. The molecule has 0 amide bonds. The number of alkyl halides is 4. The first-order valence-electron chi connectivity index (χ1n) is 2.31. The summed E-state index contributed by atoms with van der Waals surface area (Å²) in [5.41, 5.74) is -4.53. The molecule has 0 saturated carbocycles. The van der Waals surface area contributed by atoms with Crippen LogP contribution in [0.3, 0.4) is 0 Å². The maximum absolute atomic E-state index is 12.1. The van der Waals surface area contributed by atoms with E-state index in [4.69, 9.17) is 0 Å². The van der Waals surface area contributed by atoms with E-state index >= 15 is 0 Å². The SMILES string of the molecule is O=[Si]C(F)(F)C(F)(F)CO[Si]. The van der Waals surface area contributed by atoms with Crippen molar-refractivity contribution >= 4 is 19.9 Å². The van der Waals surface area contributed by atoms with Crippen molar-refractivity contribution in [3.8, 4) is 0 Å². The lowest BCUT2D eigenvalue weighted by atomic mass is 10.4.